The highest BCUT2D eigenvalue weighted by Gasteiger charge is 2.27. The summed E-state index contributed by atoms with van der Waals surface area (Å²) in [5.74, 6) is -0.222. The SMILES string of the molecule is O=C(Nc1nn[nH]n1)C(OCCN1CCN(C(c2ccccc2)c2ccc(Cl)cc2)CC1)c1ccccc1. The van der Waals surface area contributed by atoms with Crippen LogP contribution < -0.4 is 5.32 Å². The maximum absolute atomic E-state index is 12.9. The number of carbonyl (C=O) groups excluding carboxylic acids is 1. The second kappa shape index (κ2) is 12.7. The predicted octanol–water partition coefficient (Wildman–Crippen LogP) is 3.96. The monoisotopic (exact) mass is 531 g/mol. The van der Waals surface area contributed by atoms with Crippen molar-refractivity contribution in [3.63, 3.8) is 0 Å². The Morgan fingerprint density at radius 3 is 2.16 bits per heavy atom. The lowest BCUT2D eigenvalue weighted by atomic mass is 9.96. The zero-order chi connectivity index (χ0) is 26.2. The molecule has 1 aliphatic heterocycles. The number of tetrazole rings is 1. The van der Waals surface area contributed by atoms with Crippen LogP contribution in [0.1, 0.15) is 28.8 Å². The molecule has 196 valence electrons. The Kier molecular flexibility index (Phi) is 8.72. The van der Waals surface area contributed by atoms with E-state index in [4.69, 9.17) is 16.3 Å². The van der Waals surface area contributed by atoms with Crippen molar-refractivity contribution >= 4 is 23.5 Å². The van der Waals surface area contributed by atoms with Gasteiger partial charge in [0.05, 0.1) is 12.6 Å². The average molecular weight is 532 g/mol. The van der Waals surface area contributed by atoms with Crippen LogP contribution in [-0.4, -0.2) is 75.7 Å². The molecule has 5 rings (SSSR count). The molecule has 0 bridgehead atoms. The fourth-order valence-electron chi connectivity index (χ4n) is 4.78. The van der Waals surface area contributed by atoms with Gasteiger partial charge in [-0.3, -0.25) is 19.9 Å². The Morgan fingerprint density at radius 2 is 1.53 bits per heavy atom. The number of amides is 1. The Bertz CT molecular complexity index is 1270. The minimum absolute atomic E-state index is 0.115. The van der Waals surface area contributed by atoms with Crippen LogP contribution in [-0.2, 0) is 9.53 Å². The highest BCUT2D eigenvalue weighted by Crippen LogP contribution is 2.30. The van der Waals surface area contributed by atoms with Crippen molar-refractivity contribution in [3.05, 3.63) is 107 Å². The molecule has 3 aromatic carbocycles. The molecule has 0 spiro atoms. The van der Waals surface area contributed by atoms with E-state index in [1.807, 2.05) is 48.5 Å². The summed E-state index contributed by atoms with van der Waals surface area (Å²) in [6.07, 6.45) is -0.775. The summed E-state index contributed by atoms with van der Waals surface area (Å²) in [5, 5.41) is 16.8. The summed E-state index contributed by atoms with van der Waals surface area (Å²) in [5.41, 5.74) is 3.27. The van der Waals surface area contributed by atoms with Gasteiger partial charge >= 0.3 is 0 Å². The Labute approximate surface area is 226 Å². The number of halogens is 1. The van der Waals surface area contributed by atoms with E-state index < -0.39 is 6.10 Å². The van der Waals surface area contributed by atoms with E-state index in [-0.39, 0.29) is 17.9 Å². The molecule has 2 atom stereocenters. The van der Waals surface area contributed by atoms with Gasteiger partial charge in [0.25, 0.3) is 11.9 Å². The van der Waals surface area contributed by atoms with Crippen LogP contribution in [0, 0.1) is 0 Å². The van der Waals surface area contributed by atoms with Gasteiger partial charge in [-0.1, -0.05) is 89.5 Å². The number of nitrogens with one attached hydrogen (secondary N) is 2. The number of benzene rings is 3. The summed E-state index contributed by atoms with van der Waals surface area (Å²) in [6.45, 7) is 4.80. The topological polar surface area (TPSA) is 99.3 Å². The quantitative estimate of drug-likeness (QED) is 0.319. The molecule has 9 nitrogen and oxygen atoms in total. The van der Waals surface area contributed by atoms with Gasteiger partial charge in [0, 0.05) is 37.7 Å². The summed E-state index contributed by atoms with van der Waals surface area (Å²) in [6, 6.07) is 28.3. The van der Waals surface area contributed by atoms with Crippen molar-refractivity contribution < 1.29 is 9.53 Å². The first-order valence-corrected chi connectivity index (χ1v) is 13.0. The van der Waals surface area contributed by atoms with Crippen LogP contribution in [0.4, 0.5) is 5.95 Å². The molecule has 0 radical (unpaired) electrons. The van der Waals surface area contributed by atoms with Gasteiger partial charge in [0.15, 0.2) is 6.10 Å². The van der Waals surface area contributed by atoms with Gasteiger partial charge in [-0.05, 0) is 34.0 Å². The number of piperazine rings is 1. The highest BCUT2D eigenvalue weighted by atomic mass is 35.5. The second-order valence-electron chi connectivity index (χ2n) is 9.13. The van der Waals surface area contributed by atoms with E-state index >= 15 is 0 Å². The fraction of sp³-hybridized carbons (Fsp3) is 0.286. The third-order valence-corrected chi connectivity index (χ3v) is 6.94. The maximum Gasteiger partial charge on any atom is 0.269 e. The van der Waals surface area contributed by atoms with Crippen LogP contribution in [0.15, 0.2) is 84.9 Å². The molecule has 2 N–H and O–H groups in total. The number of anilines is 1. The Morgan fingerprint density at radius 1 is 0.895 bits per heavy atom. The number of aromatic nitrogens is 4. The molecule has 1 aliphatic rings. The number of ether oxygens (including phenoxy) is 1. The molecule has 2 unspecified atom stereocenters. The molecular formula is C28H30ClN7O2. The molecule has 1 fully saturated rings. The summed E-state index contributed by atoms with van der Waals surface area (Å²) in [4.78, 5) is 17.8. The van der Waals surface area contributed by atoms with Crippen molar-refractivity contribution in [2.45, 2.75) is 12.1 Å². The molecule has 0 aliphatic carbocycles. The number of rotatable bonds is 10. The molecule has 0 saturated carbocycles. The normalized spacial score (nSPS) is 16.1. The predicted molar refractivity (Wildman–Crippen MR) is 146 cm³/mol. The first-order chi connectivity index (χ1) is 18.7. The van der Waals surface area contributed by atoms with E-state index in [0.29, 0.717) is 6.61 Å². The van der Waals surface area contributed by atoms with Gasteiger partial charge in [-0.25, -0.2) is 0 Å². The summed E-state index contributed by atoms with van der Waals surface area (Å²) < 4.78 is 6.10. The number of hydrogen-bond donors (Lipinski definition) is 2. The summed E-state index contributed by atoms with van der Waals surface area (Å²) >= 11 is 6.16. The van der Waals surface area contributed by atoms with Crippen molar-refractivity contribution in [3.8, 4) is 0 Å². The number of nitrogens with zero attached hydrogens (tertiary/aromatic N) is 5. The van der Waals surface area contributed by atoms with Gasteiger partial charge in [-0.15, -0.1) is 5.10 Å². The van der Waals surface area contributed by atoms with E-state index in [1.54, 1.807) is 0 Å². The van der Waals surface area contributed by atoms with Gasteiger partial charge in [0.1, 0.15) is 0 Å². The lowest BCUT2D eigenvalue weighted by molar-refractivity contribution is -0.128. The molecule has 10 heteroatoms. The number of H-pyrrole nitrogens is 1. The van der Waals surface area contributed by atoms with E-state index in [0.717, 1.165) is 43.3 Å². The van der Waals surface area contributed by atoms with Gasteiger partial charge < -0.3 is 4.74 Å². The Balaban J connectivity index is 1.18. The van der Waals surface area contributed by atoms with E-state index in [2.05, 4.69) is 72.1 Å². The zero-order valence-corrected chi connectivity index (χ0v) is 21.7. The standard InChI is InChI=1S/C28H30ClN7O2/c29-24-13-11-22(12-14-24)25(21-7-3-1-4-8-21)36-17-15-35(16-18-36)19-20-38-26(23-9-5-2-6-10-23)27(37)30-28-31-33-34-32-28/h1-14,25-26H,15-20H2,(H2,30,31,32,33,34,37). The number of aromatic amines is 1. The zero-order valence-electron chi connectivity index (χ0n) is 20.9. The third-order valence-electron chi connectivity index (χ3n) is 6.69. The number of hydrogen-bond acceptors (Lipinski definition) is 7. The van der Waals surface area contributed by atoms with Crippen LogP contribution >= 0.6 is 11.6 Å². The lowest BCUT2D eigenvalue weighted by Gasteiger charge is -2.40. The van der Waals surface area contributed by atoms with Crippen molar-refractivity contribution in [1.29, 1.82) is 0 Å². The molecule has 2 heterocycles. The van der Waals surface area contributed by atoms with Gasteiger partial charge in [-0.2, -0.15) is 5.21 Å². The van der Waals surface area contributed by atoms with Crippen LogP contribution in [0.3, 0.4) is 0 Å². The molecule has 1 amide bonds. The smallest absolute Gasteiger partial charge is 0.269 e. The first-order valence-electron chi connectivity index (χ1n) is 12.6. The molecule has 38 heavy (non-hydrogen) atoms. The van der Waals surface area contributed by atoms with Gasteiger partial charge in [0.2, 0.25) is 0 Å². The molecular weight excluding hydrogens is 502 g/mol. The molecule has 1 saturated heterocycles. The van der Waals surface area contributed by atoms with Crippen LogP contribution in [0.2, 0.25) is 5.02 Å². The van der Waals surface area contributed by atoms with E-state index in [1.165, 1.54) is 11.1 Å². The first kappa shape index (κ1) is 26.0. The molecule has 1 aromatic heterocycles. The summed E-state index contributed by atoms with van der Waals surface area (Å²) in [7, 11) is 0. The Hall–Kier alpha value is -3.63. The average Bonchev–Trinajstić information content (AvgIpc) is 3.47. The molecule has 4 aromatic rings. The minimum Gasteiger partial charge on any atom is -0.362 e. The largest absolute Gasteiger partial charge is 0.362 e. The fourth-order valence-corrected chi connectivity index (χ4v) is 4.91. The minimum atomic E-state index is -0.775. The van der Waals surface area contributed by atoms with Crippen LogP contribution in [0.25, 0.3) is 0 Å². The lowest BCUT2D eigenvalue weighted by Crippen LogP contribution is -2.48. The highest BCUT2D eigenvalue weighted by molar-refractivity contribution is 6.30. The number of carbonyl (C=O) groups is 1. The van der Waals surface area contributed by atoms with Crippen molar-refractivity contribution in [2.24, 2.45) is 0 Å². The maximum atomic E-state index is 12.9. The van der Waals surface area contributed by atoms with E-state index in [9.17, 15) is 4.79 Å². The van der Waals surface area contributed by atoms with Crippen LogP contribution in [0.5, 0.6) is 0 Å². The van der Waals surface area contributed by atoms with Crippen molar-refractivity contribution in [1.82, 2.24) is 30.4 Å². The van der Waals surface area contributed by atoms with Crippen molar-refractivity contribution in [2.75, 3.05) is 44.6 Å². The second-order valence-corrected chi connectivity index (χ2v) is 9.56. The third kappa shape index (κ3) is 6.62.